The van der Waals surface area contributed by atoms with Crippen LogP contribution in [0, 0.1) is 13.8 Å². The lowest BCUT2D eigenvalue weighted by Gasteiger charge is -2.13. The lowest BCUT2D eigenvalue weighted by atomic mass is 10.2. The first-order chi connectivity index (χ1) is 17.8. The van der Waals surface area contributed by atoms with Crippen LogP contribution in [-0.4, -0.2) is 20.9 Å². The van der Waals surface area contributed by atoms with E-state index in [1.165, 1.54) is 12.1 Å². The van der Waals surface area contributed by atoms with Gasteiger partial charge in [-0.1, -0.05) is 48.0 Å². The highest BCUT2D eigenvalue weighted by molar-refractivity contribution is 7.92. The second kappa shape index (κ2) is 11.6. The van der Waals surface area contributed by atoms with Crippen LogP contribution in [-0.2, 0) is 21.4 Å². The third-order valence-corrected chi connectivity index (χ3v) is 6.88. The molecule has 1 amide bonds. The number of hydrogen-bond donors (Lipinski definition) is 2. The Balaban J connectivity index is 1.29. The fourth-order valence-electron chi connectivity index (χ4n) is 3.50. The number of hydrogen-bond acceptors (Lipinski definition) is 5. The molecule has 4 rings (SSSR count). The number of amides is 1. The summed E-state index contributed by atoms with van der Waals surface area (Å²) < 4.78 is 39.4. The Hall–Kier alpha value is -4.30. The van der Waals surface area contributed by atoms with E-state index in [1.54, 1.807) is 49.4 Å². The summed E-state index contributed by atoms with van der Waals surface area (Å²) >= 11 is 0. The molecule has 0 radical (unpaired) electrons. The van der Waals surface area contributed by atoms with E-state index < -0.39 is 10.0 Å². The molecule has 190 valence electrons. The van der Waals surface area contributed by atoms with Gasteiger partial charge >= 0.3 is 0 Å². The number of aryl methyl sites for hydroxylation is 2. The van der Waals surface area contributed by atoms with Crippen molar-refractivity contribution in [2.75, 3.05) is 16.6 Å². The highest BCUT2D eigenvalue weighted by atomic mass is 32.2. The molecule has 8 heteroatoms. The van der Waals surface area contributed by atoms with Crippen molar-refractivity contribution >= 4 is 27.3 Å². The van der Waals surface area contributed by atoms with Crippen molar-refractivity contribution in [1.29, 1.82) is 0 Å². The Labute approximate surface area is 217 Å². The van der Waals surface area contributed by atoms with Crippen LogP contribution in [0.5, 0.6) is 11.5 Å². The SMILES string of the molecule is Cc1ccc(NS(=O)(=O)c2ccc(OCC(=O)Nc3ccc(OCc4ccccc4)cc3)c(C)c2)cc1. The summed E-state index contributed by atoms with van der Waals surface area (Å²) in [6.07, 6.45) is 0. The van der Waals surface area contributed by atoms with E-state index >= 15 is 0 Å². The van der Waals surface area contributed by atoms with Crippen molar-refractivity contribution in [1.82, 2.24) is 0 Å². The van der Waals surface area contributed by atoms with Crippen molar-refractivity contribution in [3.8, 4) is 11.5 Å². The van der Waals surface area contributed by atoms with Gasteiger partial charge in [-0.2, -0.15) is 0 Å². The van der Waals surface area contributed by atoms with E-state index in [1.807, 2.05) is 49.4 Å². The van der Waals surface area contributed by atoms with Gasteiger partial charge in [0.2, 0.25) is 0 Å². The van der Waals surface area contributed by atoms with Crippen molar-refractivity contribution in [2.45, 2.75) is 25.3 Å². The van der Waals surface area contributed by atoms with Gasteiger partial charge in [-0.3, -0.25) is 9.52 Å². The number of nitrogens with one attached hydrogen (secondary N) is 2. The molecule has 0 saturated carbocycles. The lowest BCUT2D eigenvalue weighted by Crippen LogP contribution is -2.20. The first-order valence-corrected chi connectivity index (χ1v) is 13.2. The molecule has 0 aromatic heterocycles. The minimum absolute atomic E-state index is 0.108. The molecule has 0 saturated heterocycles. The first-order valence-electron chi connectivity index (χ1n) is 11.7. The smallest absolute Gasteiger partial charge is 0.262 e. The normalized spacial score (nSPS) is 11.0. The van der Waals surface area contributed by atoms with Crippen LogP contribution >= 0.6 is 0 Å². The molecule has 0 spiro atoms. The van der Waals surface area contributed by atoms with Crippen LogP contribution in [0.2, 0.25) is 0 Å². The molecule has 0 atom stereocenters. The third-order valence-electron chi connectivity index (χ3n) is 5.51. The lowest BCUT2D eigenvalue weighted by molar-refractivity contribution is -0.118. The van der Waals surface area contributed by atoms with Gasteiger partial charge in [-0.15, -0.1) is 0 Å². The van der Waals surface area contributed by atoms with E-state index in [2.05, 4.69) is 10.0 Å². The zero-order chi connectivity index (χ0) is 26.3. The predicted octanol–water partition coefficient (Wildman–Crippen LogP) is 5.70. The van der Waals surface area contributed by atoms with Crippen LogP contribution in [0.15, 0.2) is 102 Å². The van der Waals surface area contributed by atoms with Gasteiger partial charge in [-0.25, -0.2) is 8.42 Å². The Morgan fingerprint density at radius 2 is 1.46 bits per heavy atom. The quantitative estimate of drug-likeness (QED) is 0.282. The molecule has 0 heterocycles. The number of anilines is 2. The predicted molar refractivity (Wildman–Crippen MR) is 145 cm³/mol. The average Bonchev–Trinajstić information content (AvgIpc) is 2.89. The number of sulfonamides is 1. The molecule has 4 aromatic carbocycles. The zero-order valence-corrected chi connectivity index (χ0v) is 21.4. The number of carbonyl (C=O) groups excluding carboxylic acids is 1. The standard InChI is InChI=1S/C29H28N2O5S/c1-21-8-10-25(11-9-21)31-37(33,34)27-16-17-28(22(2)18-27)36-20-29(32)30-24-12-14-26(15-13-24)35-19-23-6-4-3-5-7-23/h3-18,31H,19-20H2,1-2H3,(H,30,32). The summed E-state index contributed by atoms with van der Waals surface area (Å²) in [7, 11) is -3.76. The summed E-state index contributed by atoms with van der Waals surface area (Å²) in [6, 6.07) is 28.5. The summed E-state index contributed by atoms with van der Waals surface area (Å²) in [4.78, 5) is 12.5. The Bertz CT molecular complexity index is 1450. The van der Waals surface area contributed by atoms with Crippen LogP contribution in [0.3, 0.4) is 0 Å². The van der Waals surface area contributed by atoms with Crippen molar-refractivity contribution in [3.05, 3.63) is 114 Å². The van der Waals surface area contributed by atoms with E-state index in [4.69, 9.17) is 9.47 Å². The Morgan fingerprint density at radius 3 is 2.14 bits per heavy atom. The van der Waals surface area contributed by atoms with Gasteiger partial charge in [0.1, 0.15) is 18.1 Å². The van der Waals surface area contributed by atoms with Crippen LogP contribution in [0.4, 0.5) is 11.4 Å². The summed E-state index contributed by atoms with van der Waals surface area (Å²) in [5, 5.41) is 2.77. The van der Waals surface area contributed by atoms with Gasteiger partial charge in [0.25, 0.3) is 15.9 Å². The molecule has 0 bridgehead atoms. The second-order valence-electron chi connectivity index (χ2n) is 8.53. The van der Waals surface area contributed by atoms with Crippen molar-refractivity contribution in [3.63, 3.8) is 0 Å². The summed E-state index contributed by atoms with van der Waals surface area (Å²) in [5.74, 6) is 0.782. The monoisotopic (exact) mass is 516 g/mol. The first kappa shape index (κ1) is 25.8. The molecule has 4 aromatic rings. The van der Waals surface area contributed by atoms with Gasteiger partial charge in [-0.05, 0) is 79.6 Å². The molecule has 7 nitrogen and oxygen atoms in total. The molecule has 37 heavy (non-hydrogen) atoms. The maximum Gasteiger partial charge on any atom is 0.262 e. The fraction of sp³-hybridized carbons (Fsp3) is 0.138. The molecule has 0 aliphatic carbocycles. The van der Waals surface area contributed by atoms with Crippen LogP contribution in [0.25, 0.3) is 0 Å². The molecule has 0 aliphatic heterocycles. The number of carbonyl (C=O) groups is 1. The molecule has 2 N–H and O–H groups in total. The Kier molecular flexibility index (Phi) is 8.10. The van der Waals surface area contributed by atoms with Gasteiger partial charge < -0.3 is 14.8 Å². The molecular weight excluding hydrogens is 488 g/mol. The van der Waals surface area contributed by atoms with Gasteiger partial charge in [0, 0.05) is 11.4 Å². The van der Waals surface area contributed by atoms with Gasteiger partial charge in [0.15, 0.2) is 6.61 Å². The van der Waals surface area contributed by atoms with Crippen molar-refractivity contribution in [2.24, 2.45) is 0 Å². The average molecular weight is 517 g/mol. The second-order valence-corrected chi connectivity index (χ2v) is 10.2. The Morgan fingerprint density at radius 1 is 0.784 bits per heavy atom. The van der Waals surface area contributed by atoms with E-state index in [0.717, 1.165) is 11.1 Å². The number of ether oxygens (including phenoxy) is 2. The minimum atomic E-state index is -3.76. The summed E-state index contributed by atoms with van der Waals surface area (Å²) in [6.45, 7) is 3.90. The fourth-order valence-corrected chi connectivity index (χ4v) is 4.65. The molecule has 0 fully saturated rings. The maximum atomic E-state index is 12.7. The largest absolute Gasteiger partial charge is 0.489 e. The minimum Gasteiger partial charge on any atom is -0.489 e. The van der Waals surface area contributed by atoms with Gasteiger partial charge in [0.05, 0.1) is 4.90 Å². The topological polar surface area (TPSA) is 93.7 Å². The summed E-state index contributed by atoms with van der Waals surface area (Å²) in [5.41, 5.74) is 3.80. The third kappa shape index (κ3) is 7.35. The molecule has 0 aliphatic rings. The maximum absolute atomic E-state index is 12.7. The zero-order valence-electron chi connectivity index (χ0n) is 20.6. The van der Waals surface area contributed by atoms with Crippen molar-refractivity contribution < 1.29 is 22.7 Å². The molecular formula is C29H28N2O5S. The van der Waals surface area contributed by atoms with E-state index in [9.17, 15) is 13.2 Å². The number of rotatable bonds is 10. The molecule has 0 unspecified atom stereocenters. The van der Waals surface area contributed by atoms with Crippen LogP contribution < -0.4 is 19.5 Å². The number of benzene rings is 4. The highest BCUT2D eigenvalue weighted by Gasteiger charge is 2.16. The highest BCUT2D eigenvalue weighted by Crippen LogP contribution is 2.24. The van der Waals surface area contributed by atoms with E-state index in [-0.39, 0.29) is 17.4 Å². The van der Waals surface area contributed by atoms with Crippen LogP contribution in [0.1, 0.15) is 16.7 Å². The van der Waals surface area contributed by atoms with E-state index in [0.29, 0.717) is 35.0 Å².